The average Bonchev–Trinajstić information content (AvgIpc) is 2.40. The van der Waals surface area contributed by atoms with Gasteiger partial charge in [-0.25, -0.2) is 4.39 Å². The fourth-order valence-corrected chi connectivity index (χ4v) is 2.14. The predicted molar refractivity (Wildman–Crippen MR) is 71.5 cm³/mol. The molecule has 2 aromatic rings. The number of hydrogen-bond acceptors (Lipinski definition) is 1. The molecule has 1 atom stereocenters. The summed E-state index contributed by atoms with van der Waals surface area (Å²) in [7, 11) is 0. The molecule has 0 saturated carbocycles. The zero-order chi connectivity index (χ0) is 15.6. The molecule has 2 aromatic carbocycles. The van der Waals surface area contributed by atoms with Gasteiger partial charge in [-0.1, -0.05) is 29.8 Å². The van der Waals surface area contributed by atoms with E-state index in [1.807, 2.05) is 0 Å². The number of aliphatic hydroxyl groups excluding tert-OH is 1. The molecule has 112 valence electrons. The first-order valence-corrected chi connectivity index (χ1v) is 6.44. The second-order valence-corrected chi connectivity index (χ2v) is 5.01. The number of halogens is 5. The quantitative estimate of drug-likeness (QED) is 0.808. The summed E-state index contributed by atoms with van der Waals surface area (Å²) in [6, 6.07) is 8.64. The van der Waals surface area contributed by atoms with Gasteiger partial charge in [0.25, 0.3) is 0 Å². The number of benzene rings is 2. The van der Waals surface area contributed by atoms with Crippen LogP contribution in [0.25, 0.3) is 0 Å². The Bertz CT molecular complexity index is 623. The van der Waals surface area contributed by atoms with Crippen LogP contribution in [0.5, 0.6) is 0 Å². The molecule has 1 N–H and O–H groups in total. The maximum atomic E-state index is 13.0. The first kappa shape index (κ1) is 15.8. The van der Waals surface area contributed by atoms with Crippen molar-refractivity contribution >= 4 is 11.6 Å². The van der Waals surface area contributed by atoms with Crippen molar-refractivity contribution < 1.29 is 22.7 Å². The maximum Gasteiger partial charge on any atom is 0.416 e. The number of alkyl halides is 3. The van der Waals surface area contributed by atoms with Gasteiger partial charge in [0.05, 0.1) is 11.7 Å². The standard InChI is InChI=1S/C15H11ClF4O/c16-10-3-1-9(2-4-10)7-14(21)12-6-5-11(17)8-13(12)15(18,19)20/h1-6,8,14,21H,7H2. The zero-order valence-electron chi connectivity index (χ0n) is 10.7. The molecule has 0 radical (unpaired) electrons. The van der Waals surface area contributed by atoms with Crippen LogP contribution in [0, 0.1) is 5.82 Å². The fourth-order valence-electron chi connectivity index (χ4n) is 2.02. The second kappa shape index (κ2) is 6.03. The zero-order valence-corrected chi connectivity index (χ0v) is 11.4. The average molecular weight is 319 g/mol. The van der Waals surface area contributed by atoms with Crippen molar-refractivity contribution in [2.75, 3.05) is 0 Å². The Hall–Kier alpha value is -1.59. The monoisotopic (exact) mass is 318 g/mol. The van der Waals surface area contributed by atoms with Crippen molar-refractivity contribution in [2.24, 2.45) is 0 Å². The Morgan fingerprint density at radius 3 is 2.24 bits per heavy atom. The molecule has 0 bridgehead atoms. The van der Waals surface area contributed by atoms with Crippen LogP contribution in [0.3, 0.4) is 0 Å². The van der Waals surface area contributed by atoms with Gasteiger partial charge in [0, 0.05) is 11.4 Å². The predicted octanol–water partition coefficient (Wildman–Crippen LogP) is 4.77. The van der Waals surface area contributed by atoms with E-state index in [0.717, 1.165) is 12.1 Å². The van der Waals surface area contributed by atoms with Crippen molar-refractivity contribution in [3.05, 3.63) is 70.0 Å². The highest BCUT2D eigenvalue weighted by Gasteiger charge is 2.35. The highest BCUT2D eigenvalue weighted by atomic mass is 35.5. The molecule has 0 aliphatic heterocycles. The van der Waals surface area contributed by atoms with Gasteiger partial charge in [-0.05, 0) is 35.4 Å². The minimum absolute atomic E-state index is 0.0219. The van der Waals surface area contributed by atoms with E-state index in [9.17, 15) is 22.7 Å². The van der Waals surface area contributed by atoms with Crippen LogP contribution in [0.15, 0.2) is 42.5 Å². The highest BCUT2D eigenvalue weighted by Crippen LogP contribution is 2.36. The second-order valence-electron chi connectivity index (χ2n) is 4.58. The molecule has 0 saturated heterocycles. The third-order valence-electron chi connectivity index (χ3n) is 3.02. The van der Waals surface area contributed by atoms with Crippen LogP contribution in [0.1, 0.15) is 22.8 Å². The summed E-state index contributed by atoms with van der Waals surface area (Å²) in [5.41, 5.74) is -0.882. The van der Waals surface area contributed by atoms with E-state index in [1.54, 1.807) is 24.3 Å². The summed E-state index contributed by atoms with van der Waals surface area (Å²) in [6.07, 6.45) is -6.13. The molecular formula is C15H11ClF4O. The molecule has 0 fully saturated rings. The highest BCUT2D eigenvalue weighted by molar-refractivity contribution is 6.30. The van der Waals surface area contributed by atoms with Crippen molar-refractivity contribution in [1.29, 1.82) is 0 Å². The molecule has 0 spiro atoms. The fraction of sp³-hybridized carbons (Fsp3) is 0.200. The lowest BCUT2D eigenvalue weighted by atomic mass is 9.96. The number of aliphatic hydroxyl groups is 1. The topological polar surface area (TPSA) is 20.2 Å². The third-order valence-corrected chi connectivity index (χ3v) is 3.27. The summed E-state index contributed by atoms with van der Waals surface area (Å²) < 4.78 is 51.7. The van der Waals surface area contributed by atoms with Crippen LogP contribution in [-0.2, 0) is 12.6 Å². The van der Waals surface area contributed by atoms with Crippen LogP contribution >= 0.6 is 11.6 Å². The summed E-state index contributed by atoms with van der Waals surface area (Å²) in [5, 5.41) is 10.5. The SMILES string of the molecule is OC(Cc1ccc(Cl)cc1)c1ccc(F)cc1C(F)(F)F. The van der Waals surface area contributed by atoms with Gasteiger partial charge in [0.2, 0.25) is 0 Å². The Kier molecular flexibility index (Phi) is 4.54. The molecule has 0 aliphatic carbocycles. The van der Waals surface area contributed by atoms with E-state index < -0.39 is 23.7 Å². The molecule has 21 heavy (non-hydrogen) atoms. The molecular weight excluding hydrogens is 308 g/mol. The van der Waals surface area contributed by atoms with Gasteiger partial charge in [-0.3, -0.25) is 0 Å². The lowest BCUT2D eigenvalue weighted by Crippen LogP contribution is -2.14. The van der Waals surface area contributed by atoms with Crippen LogP contribution in [0.2, 0.25) is 5.02 Å². The normalized spacial score (nSPS) is 13.2. The smallest absolute Gasteiger partial charge is 0.388 e. The number of hydrogen-bond donors (Lipinski definition) is 1. The summed E-state index contributed by atoms with van der Waals surface area (Å²) in [5.74, 6) is -0.996. The van der Waals surface area contributed by atoms with E-state index in [2.05, 4.69) is 0 Å². The Morgan fingerprint density at radius 1 is 1.05 bits per heavy atom. The minimum Gasteiger partial charge on any atom is -0.388 e. The molecule has 0 heterocycles. The van der Waals surface area contributed by atoms with E-state index in [0.29, 0.717) is 16.7 Å². The van der Waals surface area contributed by atoms with Crippen LogP contribution in [0.4, 0.5) is 17.6 Å². The molecule has 1 nitrogen and oxygen atoms in total. The lowest BCUT2D eigenvalue weighted by molar-refractivity contribution is -0.139. The molecule has 1 unspecified atom stereocenters. The molecule has 0 aliphatic rings. The van der Waals surface area contributed by atoms with E-state index in [1.165, 1.54) is 0 Å². The summed E-state index contributed by atoms with van der Waals surface area (Å²) >= 11 is 5.71. The maximum absolute atomic E-state index is 13.0. The van der Waals surface area contributed by atoms with Crippen molar-refractivity contribution in [1.82, 2.24) is 0 Å². The first-order valence-electron chi connectivity index (χ1n) is 6.06. The van der Waals surface area contributed by atoms with Crippen molar-refractivity contribution in [3.8, 4) is 0 Å². The molecule has 6 heteroatoms. The largest absolute Gasteiger partial charge is 0.416 e. The minimum atomic E-state index is -4.72. The van der Waals surface area contributed by atoms with Gasteiger partial charge in [-0.2, -0.15) is 13.2 Å². The third kappa shape index (κ3) is 3.95. The summed E-state index contributed by atoms with van der Waals surface area (Å²) in [6.45, 7) is 0. The van der Waals surface area contributed by atoms with Crippen molar-refractivity contribution in [3.63, 3.8) is 0 Å². The van der Waals surface area contributed by atoms with Crippen LogP contribution < -0.4 is 0 Å². The molecule has 0 amide bonds. The van der Waals surface area contributed by atoms with Gasteiger partial charge in [-0.15, -0.1) is 0 Å². The van der Waals surface area contributed by atoms with Gasteiger partial charge < -0.3 is 5.11 Å². The molecule has 2 rings (SSSR count). The van der Waals surface area contributed by atoms with Gasteiger partial charge in [0.1, 0.15) is 5.82 Å². The summed E-state index contributed by atoms with van der Waals surface area (Å²) in [4.78, 5) is 0. The van der Waals surface area contributed by atoms with E-state index in [-0.39, 0.29) is 12.0 Å². The van der Waals surface area contributed by atoms with E-state index in [4.69, 9.17) is 11.6 Å². The van der Waals surface area contributed by atoms with Crippen LogP contribution in [-0.4, -0.2) is 5.11 Å². The Morgan fingerprint density at radius 2 is 1.67 bits per heavy atom. The van der Waals surface area contributed by atoms with Gasteiger partial charge >= 0.3 is 6.18 Å². The first-order chi connectivity index (χ1) is 9.77. The van der Waals surface area contributed by atoms with Gasteiger partial charge in [0.15, 0.2) is 0 Å². The lowest BCUT2D eigenvalue weighted by Gasteiger charge is -2.17. The Balaban J connectivity index is 2.30. The van der Waals surface area contributed by atoms with E-state index >= 15 is 0 Å². The Labute approximate surface area is 123 Å². The van der Waals surface area contributed by atoms with Crippen molar-refractivity contribution in [2.45, 2.75) is 18.7 Å². The molecule has 0 aromatic heterocycles. The number of rotatable bonds is 3.